The Balaban J connectivity index is 2.04. The molecule has 0 bridgehead atoms. The zero-order valence-electron chi connectivity index (χ0n) is 10.4. The fourth-order valence-corrected chi connectivity index (χ4v) is 1.87. The van der Waals surface area contributed by atoms with E-state index in [0.29, 0.717) is 11.5 Å². The van der Waals surface area contributed by atoms with Crippen LogP contribution in [0.3, 0.4) is 0 Å². The second kappa shape index (κ2) is 5.55. The minimum absolute atomic E-state index is 0.0326. The maximum Gasteiger partial charge on any atom is 0.171 e. The first-order chi connectivity index (χ1) is 8.69. The van der Waals surface area contributed by atoms with E-state index in [4.69, 9.17) is 5.73 Å². The van der Waals surface area contributed by atoms with Crippen molar-refractivity contribution < 1.29 is 5.11 Å². The summed E-state index contributed by atoms with van der Waals surface area (Å²) in [5.74, 6) is 0.618. The molecule has 0 radical (unpaired) electrons. The van der Waals surface area contributed by atoms with Gasteiger partial charge in [-0.2, -0.15) is 5.10 Å². The summed E-state index contributed by atoms with van der Waals surface area (Å²) < 4.78 is 1.65. The van der Waals surface area contributed by atoms with Crippen LogP contribution in [0.4, 0.5) is 11.5 Å². The molecule has 2 rings (SSSR count). The molecule has 0 aliphatic heterocycles. The summed E-state index contributed by atoms with van der Waals surface area (Å²) >= 11 is 0. The molecule has 0 fully saturated rings. The lowest BCUT2D eigenvalue weighted by Gasteiger charge is -2.16. The molecule has 5 heteroatoms. The number of nitrogen functional groups attached to an aromatic ring is 1. The molecule has 1 atom stereocenters. The molecule has 0 saturated carbocycles. The normalized spacial score (nSPS) is 12.3. The summed E-state index contributed by atoms with van der Waals surface area (Å²) in [6.45, 7) is 0.0326. The monoisotopic (exact) mass is 246 g/mol. The third-order valence-corrected chi connectivity index (χ3v) is 2.74. The zero-order chi connectivity index (χ0) is 13.0. The van der Waals surface area contributed by atoms with Gasteiger partial charge in [-0.1, -0.05) is 30.3 Å². The summed E-state index contributed by atoms with van der Waals surface area (Å²) in [5, 5.41) is 16.8. The van der Waals surface area contributed by atoms with Crippen LogP contribution in [-0.4, -0.2) is 27.5 Å². The molecule has 1 aromatic heterocycles. The van der Waals surface area contributed by atoms with Crippen molar-refractivity contribution in [3.05, 3.63) is 42.1 Å². The van der Waals surface area contributed by atoms with Crippen LogP contribution in [0, 0.1) is 0 Å². The van der Waals surface area contributed by atoms with Gasteiger partial charge >= 0.3 is 0 Å². The van der Waals surface area contributed by atoms with Crippen LogP contribution in [0.5, 0.6) is 0 Å². The van der Waals surface area contributed by atoms with Crippen molar-refractivity contribution in [3.63, 3.8) is 0 Å². The van der Waals surface area contributed by atoms with E-state index in [9.17, 15) is 5.11 Å². The molecule has 2 aromatic rings. The number of anilines is 2. The maximum atomic E-state index is 9.41. The Kier molecular flexibility index (Phi) is 3.84. The Bertz CT molecular complexity index is 495. The summed E-state index contributed by atoms with van der Waals surface area (Å²) in [7, 11) is 1.81. The van der Waals surface area contributed by atoms with Gasteiger partial charge in [-0.3, -0.25) is 4.68 Å². The average molecular weight is 246 g/mol. The molecule has 96 valence electrons. The van der Waals surface area contributed by atoms with Crippen LogP contribution >= 0.6 is 0 Å². The molecule has 0 aliphatic carbocycles. The first kappa shape index (κ1) is 12.4. The average Bonchev–Trinajstić information content (AvgIpc) is 2.68. The van der Waals surface area contributed by atoms with Gasteiger partial charge in [-0.15, -0.1) is 0 Å². The number of aliphatic hydroxyl groups is 1. The Morgan fingerprint density at radius 1 is 1.39 bits per heavy atom. The molecule has 0 amide bonds. The fourth-order valence-electron chi connectivity index (χ4n) is 1.87. The van der Waals surface area contributed by atoms with Crippen molar-refractivity contribution in [2.75, 3.05) is 17.7 Å². The van der Waals surface area contributed by atoms with E-state index in [2.05, 4.69) is 10.4 Å². The van der Waals surface area contributed by atoms with Gasteiger partial charge in [0.25, 0.3) is 0 Å². The van der Waals surface area contributed by atoms with Crippen LogP contribution in [-0.2, 0) is 13.5 Å². The number of nitrogens with zero attached hydrogens (tertiary/aromatic N) is 2. The van der Waals surface area contributed by atoms with Gasteiger partial charge in [-0.05, 0) is 12.0 Å². The van der Waals surface area contributed by atoms with Crippen molar-refractivity contribution in [2.24, 2.45) is 7.05 Å². The number of hydrogen-bond donors (Lipinski definition) is 3. The topological polar surface area (TPSA) is 76.1 Å². The van der Waals surface area contributed by atoms with Crippen LogP contribution < -0.4 is 11.1 Å². The molecular formula is C13H18N4O. The van der Waals surface area contributed by atoms with E-state index in [1.807, 2.05) is 37.4 Å². The predicted octanol–water partition coefficient (Wildman–Crippen LogP) is 1.02. The lowest BCUT2D eigenvalue weighted by atomic mass is 10.1. The Labute approximate surface area is 106 Å². The number of aromatic nitrogens is 2. The van der Waals surface area contributed by atoms with Crippen LogP contribution in [0.1, 0.15) is 5.56 Å². The second-order valence-corrected chi connectivity index (χ2v) is 4.32. The van der Waals surface area contributed by atoms with Gasteiger partial charge in [0, 0.05) is 13.2 Å². The highest BCUT2D eigenvalue weighted by molar-refractivity contribution is 5.60. The summed E-state index contributed by atoms with van der Waals surface area (Å²) in [4.78, 5) is 0. The number of rotatable bonds is 5. The van der Waals surface area contributed by atoms with Crippen molar-refractivity contribution in [1.82, 2.24) is 9.78 Å². The van der Waals surface area contributed by atoms with Crippen LogP contribution in [0.2, 0.25) is 0 Å². The minimum atomic E-state index is -0.0930. The molecular weight excluding hydrogens is 228 g/mol. The number of aryl methyl sites for hydroxylation is 1. The zero-order valence-corrected chi connectivity index (χ0v) is 10.4. The number of nitrogens with one attached hydrogen (secondary N) is 1. The molecule has 18 heavy (non-hydrogen) atoms. The maximum absolute atomic E-state index is 9.41. The standard InChI is InChI=1S/C13H18N4O/c1-17-8-12(14)13(16-17)15-11(9-18)7-10-5-3-2-4-6-10/h2-6,8,11,18H,7,9,14H2,1H3,(H,15,16). The number of hydrogen-bond acceptors (Lipinski definition) is 4. The van der Waals surface area contributed by atoms with Crippen molar-refractivity contribution in [2.45, 2.75) is 12.5 Å². The number of aliphatic hydroxyl groups excluding tert-OH is 1. The third-order valence-electron chi connectivity index (χ3n) is 2.74. The van der Waals surface area contributed by atoms with Gasteiger partial charge in [0.15, 0.2) is 5.82 Å². The second-order valence-electron chi connectivity index (χ2n) is 4.32. The van der Waals surface area contributed by atoms with Gasteiger partial charge in [0.05, 0.1) is 18.3 Å². The Hall–Kier alpha value is -2.01. The van der Waals surface area contributed by atoms with Gasteiger partial charge in [-0.25, -0.2) is 0 Å². The van der Waals surface area contributed by atoms with Crippen molar-refractivity contribution in [1.29, 1.82) is 0 Å². The molecule has 0 saturated heterocycles. The number of benzene rings is 1. The van der Waals surface area contributed by atoms with Crippen molar-refractivity contribution >= 4 is 11.5 Å². The van der Waals surface area contributed by atoms with E-state index < -0.39 is 0 Å². The molecule has 1 aromatic carbocycles. The lowest BCUT2D eigenvalue weighted by molar-refractivity contribution is 0.273. The smallest absolute Gasteiger partial charge is 0.171 e. The van der Waals surface area contributed by atoms with E-state index in [1.54, 1.807) is 10.9 Å². The van der Waals surface area contributed by atoms with Gasteiger partial charge < -0.3 is 16.2 Å². The largest absolute Gasteiger partial charge is 0.394 e. The molecule has 0 spiro atoms. The predicted molar refractivity (Wildman–Crippen MR) is 72.3 cm³/mol. The lowest BCUT2D eigenvalue weighted by Crippen LogP contribution is -2.27. The van der Waals surface area contributed by atoms with E-state index in [-0.39, 0.29) is 12.6 Å². The SMILES string of the molecule is Cn1cc(N)c(NC(CO)Cc2ccccc2)n1. The molecule has 1 heterocycles. The Morgan fingerprint density at radius 3 is 2.67 bits per heavy atom. The summed E-state index contributed by atoms with van der Waals surface area (Å²) in [5.41, 5.74) is 7.56. The Morgan fingerprint density at radius 2 is 2.11 bits per heavy atom. The first-order valence-corrected chi connectivity index (χ1v) is 5.89. The molecule has 4 N–H and O–H groups in total. The van der Waals surface area contributed by atoms with E-state index >= 15 is 0 Å². The number of nitrogens with two attached hydrogens (primary N) is 1. The van der Waals surface area contributed by atoms with E-state index in [1.165, 1.54) is 5.56 Å². The van der Waals surface area contributed by atoms with Crippen LogP contribution in [0.15, 0.2) is 36.5 Å². The van der Waals surface area contributed by atoms with E-state index in [0.717, 1.165) is 6.42 Å². The highest BCUT2D eigenvalue weighted by Gasteiger charge is 2.12. The minimum Gasteiger partial charge on any atom is -0.394 e. The quantitative estimate of drug-likeness (QED) is 0.736. The fraction of sp³-hybridized carbons (Fsp3) is 0.308. The molecule has 1 unspecified atom stereocenters. The highest BCUT2D eigenvalue weighted by atomic mass is 16.3. The van der Waals surface area contributed by atoms with Crippen molar-refractivity contribution in [3.8, 4) is 0 Å². The summed E-state index contributed by atoms with van der Waals surface area (Å²) in [6.07, 6.45) is 2.46. The van der Waals surface area contributed by atoms with Gasteiger partial charge in [0.1, 0.15) is 0 Å². The highest BCUT2D eigenvalue weighted by Crippen LogP contribution is 2.16. The molecule has 5 nitrogen and oxygen atoms in total. The summed E-state index contributed by atoms with van der Waals surface area (Å²) in [6, 6.07) is 9.92. The third kappa shape index (κ3) is 3.01. The first-order valence-electron chi connectivity index (χ1n) is 5.89. The van der Waals surface area contributed by atoms with Gasteiger partial charge in [0.2, 0.25) is 0 Å². The molecule has 0 aliphatic rings. The van der Waals surface area contributed by atoms with Crippen LogP contribution in [0.25, 0.3) is 0 Å².